The highest BCUT2D eigenvalue weighted by Gasteiger charge is 2.17. The quantitative estimate of drug-likeness (QED) is 0.134. The van der Waals surface area contributed by atoms with Gasteiger partial charge in [0.05, 0.1) is 0 Å². The maximum atomic E-state index is 2.37. The van der Waals surface area contributed by atoms with Crippen LogP contribution in [0.3, 0.4) is 0 Å². The third kappa shape index (κ3) is 7.93. The molecule has 10 aromatic carbocycles. The monoisotopic (exact) mass is 777 g/mol. The van der Waals surface area contributed by atoms with Crippen LogP contribution in [0.4, 0.5) is 17.1 Å². The minimum Gasteiger partial charge on any atom is -0.310 e. The summed E-state index contributed by atoms with van der Waals surface area (Å²) < 4.78 is 0. The van der Waals surface area contributed by atoms with Gasteiger partial charge in [-0.3, -0.25) is 0 Å². The van der Waals surface area contributed by atoms with E-state index >= 15 is 0 Å². The van der Waals surface area contributed by atoms with E-state index in [-0.39, 0.29) is 0 Å². The van der Waals surface area contributed by atoms with Crippen LogP contribution >= 0.6 is 0 Å². The molecule has 0 saturated heterocycles. The Morgan fingerprint density at radius 2 is 0.475 bits per heavy atom. The maximum absolute atomic E-state index is 2.37. The van der Waals surface area contributed by atoms with Crippen LogP contribution in [0.15, 0.2) is 261 Å². The molecule has 0 amide bonds. The first-order chi connectivity index (χ1) is 30.2. The van der Waals surface area contributed by atoms with Crippen molar-refractivity contribution in [1.29, 1.82) is 0 Å². The van der Waals surface area contributed by atoms with Crippen LogP contribution < -0.4 is 4.90 Å². The van der Waals surface area contributed by atoms with E-state index in [0.717, 1.165) is 17.1 Å². The van der Waals surface area contributed by atoms with Gasteiger partial charge in [0.2, 0.25) is 0 Å². The lowest BCUT2D eigenvalue weighted by Gasteiger charge is -2.27. The zero-order valence-corrected chi connectivity index (χ0v) is 33.8. The molecule has 0 bridgehead atoms. The van der Waals surface area contributed by atoms with Crippen LogP contribution in [0.1, 0.15) is 0 Å². The topological polar surface area (TPSA) is 3.24 Å². The molecule has 1 nitrogen and oxygen atoms in total. The van der Waals surface area contributed by atoms with E-state index in [1.807, 2.05) is 0 Å². The van der Waals surface area contributed by atoms with Crippen molar-refractivity contribution >= 4 is 17.1 Å². The van der Waals surface area contributed by atoms with Gasteiger partial charge in [0.1, 0.15) is 0 Å². The summed E-state index contributed by atoms with van der Waals surface area (Å²) in [6, 6.07) is 93.9. The number of anilines is 3. The minimum atomic E-state index is 1.08. The summed E-state index contributed by atoms with van der Waals surface area (Å²) in [6.07, 6.45) is 0. The lowest BCUT2D eigenvalue weighted by atomic mass is 9.87. The molecule has 0 radical (unpaired) electrons. The Morgan fingerprint density at radius 1 is 0.180 bits per heavy atom. The molecule has 61 heavy (non-hydrogen) atoms. The lowest BCUT2D eigenvalue weighted by Crippen LogP contribution is -2.10. The Balaban J connectivity index is 1.03. The molecular formula is C60H43N. The number of nitrogens with zero attached hydrogens (tertiary/aromatic N) is 1. The number of benzene rings is 10. The summed E-state index contributed by atoms with van der Waals surface area (Å²) in [5, 5.41) is 0. The van der Waals surface area contributed by atoms with Gasteiger partial charge in [-0.05, 0) is 114 Å². The van der Waals surface area contributed by atoms with E-state index in [2.05, 4.69) is 266 Å². The summed E-state index contributed by atoms with van der Waals surface area (Å²) >= 11 is 0. The van der Waals surface area contributed by atoms with E-state index in [1.165, 1.54) is 77.9 Å². The van der Waals surface area contributed by atoms with E-state index < -0.39 is 0 Å². The molecular weight excluding hydrogens is 735 g/mol. The molecule has 0 aliphatic carbocycles. The second-order valence-corrected chi connectivity index (χ2v) is 15.3. The third-order valence-electron chi connectivity index (χ3n) is 11.5. The predicted octanol–water partition coefficient (Wildman–Crippen LogP) is 16.8. The van der Waals surface area contributed by atoms with Crippen molar-refractivity contribution < 1.29 is 0 Å². The second-order valence-electron chi connectivity index (χ2n) is 15.3. The summed E-state index contributed by atoms with van der Waals surface area (Å²) in [7, 11) is 0. The van der Waals surface area contributed by atoms with Crippen molar-refractivity contribution in [3.63, 3.8) is 0 Å². The first-order valence-corrected chi connectivity index (χ1v) is 20.9. The largest absolute Gasteiger partial charge is 0.310 e. The van der Waals surface area contributed by atoms with Crippen LogP contribution in [0, 0.1) is 0 Å². The molecule has 0 spiro atoms. The molecule has 0 aromatic heterocycles. The van der Waals surface area contributed by atoms with Gasteiger partial charge in [0, 0.05) is 17.1 Å². The zero-order chi connectivity index (χ0) is 40.8. The Morgan fingerprint density at radius 3 is 0.918 bits per heavy atom. The summed E-state index contributed by atoms with van der Waals surface area (Å²) in [4.78, 5) is 2.37. The highest BCUT2D eigenvalue weighted by atomic mass is 15.1. The van der Waals surface area contributed by atoms with Crippen LogP contribution in [0.5, 0.6) is 0 Å². The first-order valence-electron chi connectivity index (χ1n) is 20.9. The average molecular weight is 778 g/mol. The maximum Gasteiger partial charge on any atom is 0.0467 e. The molecule has 0 fully saturated rings. The van der Waals surface area contributed by atoms with Crippen molar-refractivity contribution in [2.24, 2.45) is 0 Å². The first kappa shape index (κ1) is 37.3. The molecule has 0 N–H and O–H groups in total. The van der Waals surface area contributed by atoms with E-state index in [0.29, 0.717) is 0 Å². The van der Waals surface area contributed by atoms with Gasteiger partial charge in [-0.15, -0.1) is 0 Å². The summed E-state index contributed by atoms with van der Waals surface area (Å²) in [5.41, 5.74) is 20.1. The number of hydrogen-bond donors (Lipinski definition) is 0. The SMILES string of the molecule is c1ccc(-c2ccc(-c3ccc(N(c4ccc(-c5cccc(-c6ccccc6)c5-c5ccccc5)cc4)c4cccc(-c5ccc(-c6ccccc6)cc5)c4)cc3)cc2)cc1. The van der Waals surface area contributed by atoms with E-state index in [9.17, 15) is 0 Å². The molecule has 10 rings (SSSR count). The van der Waals surface area contributed by atoms with E-state index in [4.69, 9.17) is 0 Å². The van der Waals surface area contributed by atoms with Gasteiger partial charge in [-0.2, -0.15) is 0 Å². The standard InChI is InChI=1S/C60H43N/c1-5-15-44(16-6-1)46-27-29-48(30-28-46)49-35-39-55(40-36-49)61(57-24-13-23-54(43-57)50-33-31-47(32-34-50)45-17-7-2-8-18-45)56-41-37-52(38-42-56)59-26-14-25-58(51-19-9-3-10-20-51)60(59)53-21-11-4-12-22-53/h1-43H. The average Bonchev–Trinajstić information content (AvgIpc) is 3.35. The molecule has 288 valence electrons. The fraction of sp³-hybridized carbons (Fsp3) is 0. The van der Waals surface area contributed by atoms with Crippen LogP contribution in [0.25, 0.3) is 77.9 Å². The summed E-state index contributed by atoms with van der Waals surface area (Å²) in [6.45, 7) is 0. The van der Waals surface area contributed by atoms with Gasteiger partial charge in [0.25, 0.3) is 0 Å². The van der Waals surface area contributed by atoms with Crippen molar-refractivity contribution in [3.05, 3.63) is 261 Å². The van der Waals surface area contributed by atoms with Crippen molar-refractivity contribution in [1.82, 2.24) is 0 Å². The molecule has 0 atom stereocenters. The molecule has 0 heterocycles. The molecule has 0 unspecified atom stereocenters. The Labute approximate surface area is 359 Å². The molecule has 1 heteroatoms. The molecule has 0 saturated carbocycles. The lowest BCUT2D eigenvalue weighted by molar-refractivity contribution is 1.28. The normalized spacial score (nSPS) is 11.0. The number of rotatable bonds is 10. The van der Waals surface area contributed by atoms with Crippen LogP contribution in [0.2, 0.25) is 0 Å². The van der Waals surface area contributed by atoms with Gasteiger partial charge < -0.3 is 4.90 Å². The fourth-order valence-corrected chi connectivity index (χ4v) is 8.40. The molecule has 0 aliphatic rings. The smallest absolute Gasteiger partial charge is 0.0467 e. The Bertz CT molecular complexity index is 2990. The van der Waals surface area contributed by atoms with Gasteiger partial charge in [0.15, 0.2) is 0 Å². The Hall–Kier alpha value is -8.00. The second kappa shape index (κ2) is 17.1. The highest BCUT2D eigenvalue weighted by Crippen LogP contribution is 2.43. The summed E-state index contributed by atoms with van der Waals surface area (Å²) in [5.74, 6) is 0. The Kier molecular flexibility index (Phi) is 10.4. The number of hydrogen-bond acceptors (Lipinski definition) is 1. The third-order valence-corrected chi connectivity index (χ3v) is 11.5. The highest BCUT2D eigenvalue weighted by molar-refractivity contribution is 5.95. The fourth-order valence-electron chi connectivity index (χ4n) is 8.40. The zero-order valence-electron chi connectivity index (χ0n) is 33.8. The van der Waals surface area contributed by atoms with Crippen LogP contribution in [-0.2, 0) is 0 Å². The van der Waals surface area contributed by atoms with Gasteiger partial charge >= 0.3 is 0 Å². The molecule has 10 aromatic rings. The predicted molar refractivity (Wildman–Crippen MR) is 259 cm³/mol. The minimum absolute atomic E-state index is 1.08. The van der Waals surface area contributed by atoms with Gasteiger partial charge in [-0.25, -0.2) is 0 Å². The van der Waals surface area contributed by atoms with Crippen molar-refractivity contribution in [2.45, 2.75) is 0 Å². The van der Waals surface area contributed by atoms with E-state index in [1.54, 1.807) is 0 Å². The van der Waals surface area contributed by atoms with Gasteiger partial charge in [-0.1, -0.05) is 224 Å². The van der Waals surface area contributed by atoms with Crippen molar-refractivity contribution in [3.8, 4) is 77.9 Å². The van der Waals surface area contributed by atoms with Crippen molar-refractivity contribution in [2.75, 3.05) is 4.90 Å². The molecule has 0 aliphatic heterocycles. The van der Waals surface area contributed by atoms with Crippen LogP contribution in [-0.4, -0.2) is 0 Å².